The van der Waals surface area contributed by atoms with Gasteiger partial charge in [-0.15, -0.1) is 0 Å². The Balaban J connectivity index is 2.42. The number of carboxylic acid groups (broad SMARTS) is 1. The van der Waals surface area contributed by atoms with E-state index in [0.29, 0.717) is 0 Å². The molecule has 0 aliphatic carbocycles. The van der Waals surface area contributed by atoms with Crippen molar-refractivity contribution in [3.05, 3.63) is 24.3 Å². The summed E-state index contributed by atoms with van der Waals surface area (Å²) < 4.78 is 2.11. The van der Waals surface area contributed by atoms with Crippen LogP contribution in [0.2, 0.25) is 0 Å². The zero-order valence-electron chi connectivity index (χ0n) is 12.8. The molecular formula is C15H21N3O2S. The highest BCUT2D eigenvalue weighted by Gasteiger charge is 2.24. The van der Waals surface area contributed by atoms with Crippen LogP contribution in [-0.2, 0) is 11.3 Å². The van der Waals surface area contributed by atoms with E-state index < -0.39 is 5.97 Å². The number of aromatic nitrogens is 2. The second-order valence-electron chi connectivity index (χ2n) is 5.86. The molecule has 1 heterocycles. The second-order valence-corrected chi connectivity index (χ2v) is 6.80. The molecule has 2 rings (SSSR count). The molecule has 1 N–H and O–H groups in total. The molecule has 0 aliphatic heterocycles. The fourth-order valence-corrected chi connectivity index (χ4v) is 2.71. The van der Waals surface area contributed by atoms with Crippen LogP contribution in [0.4, 0.5) is 0 Å². The Labute approximate surface area is 129 Å². The number of likely N-dealkylation sites (N-methyl/N-ethyl adjacent to an activating group) is 1. The highest BCUT2D eigenvalue weighted by molar-refractivity contribution is 7.99. The molecule has 0 saturated heterocycles. The van der Waals surface area contributed by atoms with Gasteiger partial charge in [-0.1, -0.05) is 23.9 Å². The molecule has 0 saturated carbocycles. The van der Waals surface area contributed by atoms with Crippen molar-refractivity contribution in [1.82, 2.24) is 14.5 Å². The smallest absolute Gasteiger partial charge is 0.313 e. The van der Waals surface area contributed by atoms with Gasteiger partial charge in [-0.3, -0.25) is 4.79 Å². The predicted octanol–water partition coefficient (Wildman–Crippen LogP) is 2.55. The summed E-state index contributed by atoms with van der Waals surface area (Å²) in [5.41, 5.74) is 1.89. The number of fused-ring (bicyclic) bond motifs is 1. The summed E-state index contributed by atoms with van der Waals surface area (Å²) in [6.45, 7) is 5.07. The number of hydrogen-bond acceptors (Lipinski definition) is 4. The normalized spacial score (nSPS) is 12.2. The number of para-hydroxylation sites is 2. The lowest BCUT2D eigenvalue weighted by molar-refractivity contribution is -0.133. The van der Waals surface area contributed by atoms with Crippen molar-refractivity contribution in [1.29, 1.82) is 0 Å². The molecule has 1 aromatic heterocycles. The molecular weight excluding hydrogens is 286 g/mol. The third-order valence-corrected chi connectivity index (χ3v) is 4.66. The van der Waals surface area contributed by atoms with E-state index in [1.54, 1.807) is 0 Å². The first-order chi connectivity index (χ1) is 9.81. The number of thioether (sulfide) groups is 1. The molecule has 5 nitrogen and oxygen atoms in total. The van der Waals surface area contributed by atoms with E-state index in [-0.39, 0.29) is 11.3 Å². The molecule has 0 bridgehead atoms. The van der Waals surface area contributed by atoms with E-state index in [0.717, 1.165) is 22.7 Å². The Morgan fingerprint density at radius 1 is 1.38 bits per heavy atom. The molecule has 2 aromatic rings. The predicted molar refractivity (Wildman–Crippen MR) is 85.9 cm³/mol. The van der Waals surface area contributed by atoms with Crippen molar-refractivity contribution in [3.8, 4) is 0 Å². The standard InChI is InChI=1S/C15H21N3O2S/c1-15(2,17(3)4)10-18-12-8-6-5-7-11(12)16-14(18)21-9-13(19)20/h5-8H,9-10H2,1-4H3,(H,19,20). The van der Waals surface area contributed by atoms with Crippen LogP contribution in [0.5, 0.6) is 0 Å². The van der Waals surface area contributed by atoms with Gasteiger partial charge < -0.3 is 14.6 Å². The number of rotatable bonds is 6. The minimum absolute atomic E-state index is 0.0196. The lowest BCUT2D eigenvalue weighted by Crippen LogP contribution is -2.42. The Hall–Kier alpha value is -1.53. The number of hydrogen-bond donors (Lipinski definition) is 1. The maximum absolute atomic E-state index is 10.8. The van der Waals surface area contributed by atoms with Gasteiger partial charge in [-0.05, 0) is 40.1 Å². The Morgan fingerprint density at radius 3 is 2.67 bits per heavy atom. The number of aliphatic carboxylic acids is 1. The van der Waals surface area contributed by atoms with Crippen LogP contribution in [0.25, 0.3) is 11.0 Å². The Morgan fingerprint density at radius 2 is 2.05 bits per heavy atom. The summed E-state index contributed by atoms with van der Waals surface area (Å²) in [5, 5.41) is 9.65. The molecule has 114 valence electrons. The lowest BCUT2D eigenvalue weighted by atomic mass is 10.0. The van der Waals surface area contributed by atoms with Crippen LogP contribution in [0.1, 0.15) is 13.8 Å². The van der Waals surface area contributed by atoms with Crippen molar-refractivity contribution in [2.75, 3.05) is 19.8 Å². The number of nitrogens with zero attached hydrogens (tertiary/aromatic N) is 3. The summed E-state index contributed by atoms with van der Waals surface area (Å²) in [4.78, 5) is 17.6. The SMILES string of the molecule is CN(C)C(C)(C)Cn1c(SCC(=O)O)nc2ccccc21. The van der Waals surface area contributed by atoms with Gasteiger partial charge in [-0.25, -0.2) is 4.98 Å². The van der Waals surface area contributed by atoms with E-state index in [4.69, 9.17) is 5.11 Å². The third-order valence-electron chi connectivity index (χ3n) is 3.70. The molecule has 0 fully saturated rings. The van der Waals surface area contributed by atoms with Gasteiger partial charge in [0.2, 0.25) is 0 Å². The first kappa shape index (κ1) is 15.9. The molecule has 0 aliphatic rings. The molecule has 0 unspecified atom stereocenters. The largest absolute Gasteiger partial charge is 0.481 e. The van der Waals surface area contributed by atoms with E-state index in [2.05, 4.69) is 28.3 Å². The van der Waals surface area contributed by atoms with Crippen molar-refractivity contribution in [2.45, 2.75) is 31.1 Å². The third kappa shape index (κ3) is 3.57. The van der Waals surface area contributed by atoms with Crippen LogP contribution >= 0.6 is 11.8 Å². The van der Waals surface area contributed by atoms with Gasteiger partial charge in [0, 0.05) is 12.1 Å². The van der Waals surface area contributed by atoms with E-state index in [1.165, 1.54) is 11.8 Å². The fraction of sp³-hybridized carbons (Fsp3) is 0.467. The maximum atomic E-state index is 10.8. The minimum Gasteiger partial charge on any atom is -0.481 e. The topological polar surface area (TPSA) is 58.4 Å². The highest BCUT2D eigenvalue weighted by Crippen LogP contribution is 2.27. The molecule has 0 amide bonds. The summed E-state index contributed by atoms with van der Waals surface area (Å²) in [6, 6.07) is 7.91. The van der Waals surface area contributed by atoms with Gasteiger partial charge >= 0.3 is 5.97 Å². The molecule has 6 heteroatoms. The number of carboxylic acids is 1. The molecule has 21 heavy (non-hydrogen) atoms. The quantitative estimate of drug-likeness (QED) is 0.831. The van der Waals surface area contributed by atoms with E-state index >= 15 is 0 Å². The van der Waals surface area contributed by atoms with Crippen molar-refractivity contribution in [3.63, 3.8) is 0 Å². The Bertz CT molecular complexity index is 649. The Kier molecular flexibility index (Phi) is 4.58. The van der Waals surface area contributed by atoms with Gasteiger partial charge in [-0.2, -0.15) is 0 Å². The van der Waals surface area contributed by atoms with Crippen molar-refractivity contribution < 1.29 is 9.90 Å². The van der Waals surface area contributed by atoms with Gasteiger partial charge in [0.1, 0.15) is 0 Å². The van der Waals surface area contributed by atoms with Crippen LogP contribution < -0.4 is 0 Å². The first-order valence-corrected chi connectivity index (χ1v) is 7.77. The molecule has 1 aromatic carbocycles. The number of carbonyl (C=O) groups is 1. The summed E-state index contributed by atoms with van der Waals surface area (Å²) in [6.07, 6.45) is 0. The average Bonchev–Trinajstić information content (AvgIpc) is 2.74. The average molecular weight is 307 g/mol. The van der Waals surface area contributed by atoms with Gasteiger partial charge in [0.25, 0.3) is 0 Å². The second kappa shape index (κ2) is 6.07. The van der Waals surface area contributed by atoms with Crippen molar-refractivity contribution in [2.24, 2.45) is 0 Å². The molecule has 0 radical (unpaired) electrons. The van der Waals surface area contributed by atoms with Crippen LogP contribution in [0.15, 0.2) is 29.4 Å². The van der Waals surface area contributed by atoms with Gasteiger partial charge in [0.15, 0.2) is 5.16 Å². The zero-order valence-corrected chi connectivity index (χ0v) is 13.6. The van der Waals surface area contributed by atoms with E-state index in [9.17, 15) is 4.79 Å². The summed E-state index contributed by atoms with van der Waals surface area (Å²) in [7, 11) is 4.09. The minimum atomic E-state index is -0.828. The zero-order chi connectivity index (χ0) is 15.6. The molecule has 0 atom stereocenters. The monoisotopic (exact) mass is 307 g/mol. The van der Waals surface area contributed by atoms with Crippen molar-refractivity contribution >= 4 is 28.8 Å². The number of benzene rings is 1. The maximum Gasteiger partial charge on any atom is 0.313 e. The van der Waals surface area contributed by atoms with Crippen LogP contribution in [-0.4, -0.2) is 50.9 Å². The number of imidazole rings is 1. The van der Waals surface area contributed by atoms with Crippen LogP contribution in [0, 0.1) is 0 Å². The van der Waals surface area contributed by atoms with Gasteiger partial charge in [0.05, 0.1) is 16.8 Å². The fourth-order valence-electron chi connectivity index (χ4n) is 1.97. The summed E-state index contributed by atoms with van der Waals surface area (Å²) in [5.74, 6) is -0.809. The van der Waals surface area contributed by atoms with Crippen LogP contribution in [0.3, 0.4) is 0 Å². The molecule has 0 spiro atoms. The first-order valence-electron chi connectivity index (χ1n) is 6.78. The summed E-state index contributed by atoms with van der Waals surface area (Å²) >= 11 is 1.27. The lowest BCUT2D eigenvalue weighted by Gasteiger charge is -2.33. The highest BCUT2D eigenvalue weighted by atomic mass is 32.2. The van der Waals surface area contributed by atoms with E-state index in [1.807, 2.05) is 38.4 Å².